The Morgan fingerprint density at radius 2 is 2.07 bits per heavy atom. The van der Waals surface area contributed by atoms with E-state index < -0.39 is 0 Å². The van der Waals surface area contributed by atoms with Crippen LogP contribution in [0.25, 0.3) is 22.2 Å². The van der Waals surface area contributed by atoms with Crippen molar-refractivity contribution in [3.63, 3.8) is 0 Å². The second-order valence-electron chi connectivity index (χ2n) is 7.50. The molecule has 0 bridgehead atoms. The summed E-state index contributed by atoms with van der Waals surface area (Å²) >= 11 is 0. The summed E-state index contributed by atoms with van der Waals surface area (Å²) in [6.45, 7) is 5.74. The number of pyridine rings is 1. The summed E-state index contributed by atoms with van der Waals surface area (Å²) in [7, 11) is 2.12. The predicted octanol–water partition coefficient (Wildman–Crippen LogP) is 3.19. The zero-order valence-corrected chi connectivity index (χ0v) is 16.3. The number of nitrogens with zero attached hydrogens (tertiary/aromatic N) is 1. The van der Waals surface area contributed by atoms with Crippen molar-refractivity contribution >= 4 is 10.9 Å². The molecular formula is C22H27N3O2. The van der Waals surface area contributed by atoms with Crippen LogP contribution in [0.5, 0.6) is 5.75 Å². The average molecular weight is 365 g/mol. The van der Waals surface area contributed by atoms with E-state index in [1.807, 2.05) is 0 Å². The van der Waals surface area contributed by atoms with Gasteiger partial charge in [0.2, 0.25) is 0 Å². The van der Waals surface area contributed by atoms with Crippen molar-refractivity contribution in [1.29, 1.82) is 0 Å². The van der Waals surface area contributed by atoms with Crippen molar-refractivity contribution in [2.45, 2.75) is 39.5 Å². The lowest BCUT2D eigenvalue weighted by molar-refractivity contribution is 0.461. The fraction of sp³-hybridized carbons (Fsp3) is 0.409. The van der Waals surface area contributed by atoms with Crippen LogP contribution < -0.4 is 10.9 Å². The zero-order valence-electron chi connectivity index (χ0n) is 16.3. The van der Waals surface area contributed by atoms with Gasteiger partial charge in [0.15, 0.2) is 0 Å². The van der Waals surface area contributed by atoms with Gasteiger partial charge in [-0.05, 0) is 56.5 Å². The van der Waals surface area contributed by atoms with E-state index in [4.69, 9.17) is 0 Å². The number of hydrogen-bond donors (Lipinski definition) is 3. The van der Waals surface area contributed by atoms with E-state index in [-0.39, 0.29) is 11.3 Å². The number of aromatic hydroxyl groups is 1. The molecule has 1 aromatic carbocycles. The van der Waals surface area contributed by atoms with E-state index in [0.29, 0.717) is 5.56 Å². The van der Waals surface area contributed by atoms with E-state index in [2.05, 4.69) is 47.0 Å². The third-order valence-electron chi connectivity index (χ3n) is 5.84. The molecule has 0 atom stereocenters. The molecule has 0 fully saturated rings. The number of likely N-dealkylation sites (N-methyl/N-ethyl adjacent to an activating group) is 1. The van der Waals surface area contributed by atoms with E-state index in [0.717, 1.165) is 55.6 Å². The van der Waals surface area contributed by atoms with E-state index >= 15 is 0 Å². The van der Waals surface area contributed by atoms with Gasteiger partial charge >= 0.3 is 0 Å². The van der Waals surface area contributed by atoms with Crippen LogP contribution in [0.3, 0.4) is 0 Å². The largest absolute Gasteiger partial charge is 0.507 e. The summed E-state index contributed by atoms with van der Waals surface area (Å²) < 4.78 is 2.27. The minimum atomic E-state index is -0.210. The van der Waals surface area contributed by atoms with Gasteiger partial charge in [0.25, 0.3) is 5.56 Å². The molecule has 0 aliphatic heterocycles. The van der Waals surface area contributed by atoms with Crippen LogP contribution in [-0.2, 0) is 26.3 Å². The number of nitrogens with one attached hydrogen (secondary N) is 2. The zero-order chi connectivity index (χ0) is 19.1. The third kappa shape index (κ3) is 2.96. The molecule has 0 radical (unpaired) electrons. The number of H-pyrrole nitrogens is 1. The molecule has 27 heavy (non-hydrogen) atoms. The molecule has 0 unspecified atom stereocenters. The molecule has 0 amide bonds. The second kappa shape index (κ2) is 6.89. The quantitative estimate of drug-likeness (QED) is 0.622. The average Bonchev–Trinajstić information content (AvgIpc) is 2.84. The first kappa shape index (κ1) is 17.9. The molecule has 0 spiro atoms. The Balaban J connectivity index is 1.88. The Bertz CT molecular complexity index is 1080. The lowest BCUT2D eigenvalue weighted by atomic mass is 9.98. The fourth-order valence-electron chi connectivity index (χ4n) is 4.22. The standard InChI is InChI=1S/C22H27N3O2/c1-4-23-9-8-16-10-15-11-18-14(12-19(15)25(16)3)6-5-7-17-20(18)24-22(27)13(2)21(17)26/h10-12,23H,4-9H2,1-3H3,(H2,24,26,27). The third-order valence-corrected chi connectivity index (χ3v) is 5.84. The molecule has 1 aliphatic rings. The number of hydrogen-bond acceptors (Lipinski definition) is 3. The molecule has 3 N–H and O–H groups in total. The van der Waals surface area contributed by atoms with Gasteiger partial charge in [-0.15, -0.1) is 0 Å². The van der Waals surface area contributed by atoms with Crippen molar-refractivity contribution < 1.29 is 5.11 Å². The lowest BCUT2D eigenvalue weighted by Crippen LogP contribution is -2.17. The van der Waals surface area contributed by atoms with Crippen molar-refractivity contribution in [2.24, 2.45) is 7.05 Å². The Morgan fingerprint density at radius 3 is 2.85 bits per heavy atom. The summed E-state index contributed by atoms with van der Waals surface area (Å²) in [6, 6.07) is 6.67. The summed E-state index contributed by atoms with van der Waals surface area (Å²) in [5, 5.41) is 15.1. The van der Waals surface area contributed by atoms with Crippen LogP contribution in [-0.4, -0.2) is 27.7 Å². The Morgan fingerprint density at radius 1 is 1.26 bits per heavy atom. The second-order valence-corrected chi connectivity index (χ2v) is 7.50. The first-order valence-corrected chi connectivity index (χ1v) is 9.78. The highest BCUT2D eigenvalue weighted by Crippen LogP contribution is 2.38. The van der Waals surface area contributed by atoms with E-state index in [1.54, 1.807) is 6.92 Å². The maximum atomic E-state index is 12.3. The minimum Gasteiger partial charge on any atom is -0.507 e. The van der Waals surface area contributed by atoms with Crippen LogP contribution in [0.4, 0.5) is 0 Å². The van der Waals surface area contributed by atoms with Gasteiger partial charge < -0.3 is 20.0 Å². The summed E-state index contributed by atoms with van der Waals surface area (Å²) in [4.78, 5) is 15.3. The molecule has 1 aliphatic carbocycles. The Labute approximate surface area is 159 Å². The molecule has 142 valence electrons. The smallest absolute Gasteiger partial charge is 0.255 e. The minimum absolute atomic E-state index is 0.154. The highest BCUT2D eigenvalue weighted by atomic mass is 16.3. The summed E-state index contributed by atoms with van der Waals surface area (Å²) in [5.74, 6) is 0.154. The lowest BCUT2D eigenvalue weighted by Gasteiger charge is -2.13. The molecule has 0 saturated heterocycles. The summed E-state index contributed by atoms with van der Waals surface area (Å²) in [6.07, 6.45) is 3.66. The number of fused-ring (bicyclic) bond motifs is 4. The van der Waals surface area contributed by atoms with Crippen molar-refractivity contribution in [3.05, 3.63) is 50.9 Å². The van der Waals surface area contributed by atoms with Crippen molar-refractivity contribution in [2.75, 3.05) is 13.1 Å². The SMILES string of the molecule is CCNCCc1cc2cc3c(cc2n1C)CCCc1c-3[nH]c(=O)c(C)c1O. The molecule has 5 nitrogen and oxygen atoms in total. The van der Waals surface area contributed by atoms with Gasteiger partial charge in [-0.2, -0.15) is 0 Å². The van der Waals surface area contributed by atoms with Gasteiger partial charge in [-0.1, -0.05) is 6.92 Å². The number of aromatic nitrogens is 2. The molecule has 3 aromatic rings. The van der Waals surface area contributed by atoms with Gasteiger partial charge in [0, 0.05) is 47.7 Å². The van der Waals surface area contributed by atoms with Crippen LogP contribution in [0.2, 0.25) is 0 Å². The van der Waals surface area contributed by atoms with Crippen molar-refractivity contribution in [3.8, 4) is 17.0 Å². The van der Waals surface area contributed by atoms with Gasteiger partial charge in [-0.25, -0.2) is 0 Å². The number of aryl methyl sites for hydroxylation is 2. The van der Waals surface area contributed by atoms with Crippen LogP contribution in [0, 0.1) is 6.92 Å². The van der Waals surface area contributed by atoms with Crippen molar-refractivity contribution in [1.82, 2.24) is 14.9 Å². The molecule has 5 heteroatoms. The maximum absolute atomic E-state index is 12.3. The number of benzene rings is 1. The Kier molecular flexibility index (Phi) is 4.56. The first-order valence-electron chi connectivity index (χ1n) is 9.78. The van der Waals surface area contributed by atoms with Crippen LogP contribution in [0.15, 0.2) is 23.0 Å². The molecular weight excluding hydrogens is 338 g/mol. The summed E-state index contributed by atoms with van der Waals surface area (Å²) in [5.41, 5.74) is 6.66. The monoisotopic (exact) mass is 365 g/mol. The number of rotatable bonds is 4. The predicted molar refractivity (Wildman–Crippen MR) is 110 cm³/mol. The Hall–Kier alpha value is -2.53. The van der Waals surface area contributed by atoms with E-state index in [9.17, 15) is 9.90 Å². The highest BCUT2D eigenvalue weighted by Gasteiger charge is 2.22. The van der Waals surface area contributed by atoms with Crippen LogP contribution in [0.1, 0.15) is 35.7 Å². The normalized spacial score (nSPS) is 13.4. The fourth-order valence-corrected chi connectivity index (χ4v) is 4.22. The van der Waals surface area contributed by atoms with Crippen LogP contribution >= 0.6 is 0 Å². The van der Waals surface area contributed by atoms with Gasteiger partial charge in [-0.3, -0.25) is 4.79 Å². The molecule has 0 saturated carbocycles. The number of aromatic amines is 1. The van der Waals surface area contributed by atoms with Gasteiger partial charge in [0.05, 0.1) is 11.3 Å². The maximum Gasteiger partial charge on any atom is 0.255 e. The van der Waals surface area contributed by atoms with Gasteiger partial charge in [0.1, 0.15) is 5.75 Å². The molecule has 2 heterocycles. The first-order chi connectivity index (χ1) is 13.0. The highest BCUT2D eigenvalue weighted by molar-refractivity contribution is 5.89. The molecule has 4 rings (SSSR count). The molecule has 2 aromatic heterocycles. The topological polar surface area (TPSA) is 70.0 Å². The van der Waals surface area contributed by atoms with E-state index in [1.165, 1.54) is 22.2 Å².